The molecule has 0 spiro atoms. The number of pyridine rings is 1. The van der Waals surface area contributed by atoms with Crippen molar-refractivity contribution in [3.8, 4) is 0 Å². The number of aryl methyl sites for hydroxylation is 1. The quantitative estimate of drug-likeness (QED) is 0.747. The van der Waals surface area contributed by atoms with Crippen molar-refractivity contribution in [1.82, 2.24) is 25.4 Å². The predicted octanol–water partition coefficient (Wildman–Crippen LogP) is 2.40. The van der Waals surface area contributed by atoms with E-state index in [1.54, 1.807) is 6.20 Å². The lowest BCUT2D eigenvalue weighted by atomic mass is 9.99. The highest BCUT2D eigenvalue weighted by Crippen LogP contribution is 2.21. The molecule has 7 nitrogen and oxygen atoms in total. The second-order valence-corrected chi connectivity index (χ2v) is 6.93. The molecule has 0 saturated carbocycles. The molecule has 7 heteroatoms. The van der Waals surface area contributed by atoms with Crippen LogP contribution in [0.2, 0.25) is 0 Å². The number of piperidine rings is 1. The van der Waals surface area contributed by atoms with E-state index in [0.717, 1.165) is 43.4 Å². The zero-order valence-corrected chi connectivity index (χ0v) is 15.4. The molecular formula is C19H28N6O. The Morgan fingerprint density at radius 2 is 2.12 bits per heavy atom. The van der Waals surface area contributed by atoms with Gasteiger partial charge in [-0.15, -0.1) is 0 Å². The van der Waals surface area contributed by atoms with Gasteiger partial charge in [0.1, 0.15) is 5.82 Å². The van der Waals surface area contributed by atoms with Gasteiger partial charge < -0.3 is 15.5 Å². The van der Waals surface area contributed by atoms with Crippen molar-refractivity contribution in [2.24, 2.45) is 5.92 Å². The second kappa shape index (κ2) is 9.22. The number of aromatic nitrogens is 3. The SMILES string of the molecule is CC1CCN(c2ccc(CNC(=O)NCCCn3cccn3)cn2)CC1. The molecule has 2 amide bonds. The van der Waals surface area contributed by atoms with E-state index in [9.17, 15) is 4.79 Å². The fourth-order valence-corrected chi connectivity index (χ4v) is 3.07. The van der Waals surface area contributed by atoms with Crippen molar-refractivity contribution in [1.29, 1.82) is 0 Å². The number of nitrogens with zero attached hydrogens (tertiary/aromatic N) is 4. The van der Waals surface area contributed by atoms with Crippen LogP contribution >= 0.6 is 0 Å². The molecule has 0 aliphatic carbocycles. The van der Waals surface area contributed by atoms with Crippen molar-refractivity contribution in [3.05, 3.63) is 42.4 Å². The number of carbonyl (C=O) groups excluding carboxylic acids is 1. The third-order valence-corrected chi connectivity index (χ3v) is 4.78. The van der Waals surface area contributed by atoms with Gasteiger partial charge in [-0.1, -0.05) is 13.0 Å². The summed E-state index contributed by atoms with van der Waals surface area (Å²) in [5.74, 6) is 1.84. The Labute approximate surface area is 154 Å². The van der Waals surface area contributed by atoms with Crippen LogP contribution in [0.3, 0.4) is 0 Å². The van der Waals surface area contributed by atoms with E-state index in [1.165, 1.54) is 12.8 Å². The molecule has 0 aromatic carbocycles. The molecule has 2 aromatic heterocycles. The molecule has 3 rings (SSSR count). The van der Waals surface area contributed by atoms with Gasteiger partial charge in [0.25, 0.3) is 0 Å². The van der Waals surface area contributed by atoms with Crippen molar-refractivity contribution >= 4 is 11.8 Å². The maximum Gasteiger partial charge on any atom is 0.315 e. The second-order valence-electron chi connectivity index (χ2n) is 6.93. The highest BCUT2D eigenvalue weighted by atomic mass is 16.2. The van der Waals surface area contributed by atoms with Gasteiger partial charge in [0.2, 0.25) is 0 Å². The molecule has 0 radical (unpaired) electrons. The first-order valence-corrected chi connectivity index (χ1v) is 9.40. The number of urea groups is 1. The minimum absolute atomic E-state index is 0.153. The topological polar surface area (TPSA) is 75.1 Å². The summed E-state index contributed by atoms with van der Waals surface area (Å²) in [5.41, 5.74) is 1.01. The maximum atomic E-state index is 11.8. The zero-order valence-electron chi connectivity index (χ0n) is 15.4. The van der Waals surface area contributed by atoms with Crippen LogP contribution in [0.1, 0.15) is 31.7 Å². The first-order valence-electron chi connectivity index (χ1n) is 9.40. The first kappa shape index (κ1) is 18.2. The molecule has 2 N–H and O–H groups in total. The van der Waals surface area contributed by atoms with Gasteiger partial charge in [0.05, 0.1) is 0 Å². The highest BCUT2D eigenvalue weighted by Gasteiger charge is 2.16. The third-order valence-electron chi connectivity index (χ3n) is 4.78. The van der Waals surface area contributed by atoms with Crippen molar-refractivity contribution in [3.63, 3.8) is 0 Å². The molecule has 1 aliphatic heterocycles. The van der Waals surface area contributed by atoms with Crippen LogP contribution in [0.25, 0.3) is 0 Å². The molecule has 2 aromatic rings. The fourth-order valence-electron chi connectivity index (χ4n) is 3.07. The van der Waals surface area contributed by atoms with E-state index in [-0.39, 0.29) is 6.03 Å². The van der Waals surface area contributed by atoms with Crippen LogP contribution in [-0.4, -0.2) is 40.4 Å². The average Bonchev–Trinajstić information content (AvgIpc) is 3.18. The van der Waals surface area contributed by atoms with Gasteiger partial charge in [0, 0.05) is 51.3 Å². The summed E-state index contributed by atoms with van der Waals surface area (Å²) in [5, 5.41) is 9.87. The standard InChI is InChI=1S/C19H28N6O/c1-16-6-12-24(13-7-16)18-5-4-17(14-21-18)15-22-19(26)20-8-2-10-25-11-3-9-23-25/h3-5,9,11,14,16H,2,6-8,10,12-13,15H2,1H3,(H2,20,22,26). The van der Waals surface area contributed by atoms with E-state index >= 15 is 0 Å². The molecule has 26 heavy (non-hydrogen) atoms. The Kier molecular flexibility index (Phi) is 6.46. The number of hydrogen-bond acceptors (Lipinski definition) is 4. The van der Waals surface area contributed by atoms with Crippen LogP contribution in [0.4, 0.5) is 10.6 Å². The molecule has 3 heterocycles. The van der Waals surface area contributed by atoms with Crippen molar-refractivity contribution in [2.75, 3.05) is 24.5 Å². The van der Waals surface area contributed by atoms with E-state index in [4.69, 9.17) is 0 Å². The van der Waals surface area contributed by atoms with Crippen LogP contribution in [0.15, 0.2) is 36.8 Å². The number of nitrogens with one attached hydrogen (secondary N) is 2. The highest BCUT2D eigenvalue weighted by molar-refractivity contribution is 5.73. The predicted molar refractivity (Wildman–Crippen MR) is 102 cm³/mol. The lowest BCUT2D eigenvalue weighted by molar-refractivity contribution is 0.240. The minimum Gasteiger partial charge on any atom is -0.357 e. The van der Waals surface area contributed by atoms with E-state index < -0.39 is 0 Å². The molecule has 0 atom stereocenters. The molecule has 1 fully saturated rings. The lowest BCUT2D eigenvalue weighted by Gasteiger charge is -2.31. The van der Waals surface area contributed by atoms with E-state index in [1.807, 2.05) is 29.2 Å². The normalized spacial score (nSPS) is 15.0. The number of amides is 2. The summed E-state index contributed by atoms with van der Waals surface area (Å²) in [6, 6.07) is 5.83. The lowest BCUT2D eigenvalue weighted by Crippen LogP contribution is -2.36. The average molecular weight is 356 g/mol. The van der Waals surface area contributed by atoms with Gasteiger partial charge >= 0.3 is 6.03 Å². The van der Waals surface area contributed by atoms with Gasteiger partial charge in [0.15, 0.2) is 0 Å². The van der Waals surface area contributed by atoms with Crippen LogP contribution in [-0.2, 0) is 13.1 Å². The van der Waals surface area contributed by atoms with Crippen LogP contribution in [0, 0.1) is 5.92 Å². The fraction of sp³-hybridized carbons (Fsp3) is 0.526. The van der Waals surface area contributed by atoms with Gasteiger partial charge in [-0.05, 0) is 42.9 Å². The first-order chi connectivity index (χ1) is 12.7. The maximum absolute atomic E-state index is 11.8. The summed E-state index contributed by atoms with van der Waals surface area (Å²) in [7, 11) is 0. The van der Waals surface area contributed by atoms with E-state index in [0.29, 0.717) is 13.1 Å². The van der Waals surface area contributed by atoms with E-state index in [2.05, 4.69) is 38.6 Å². The van der Waals surface area contributed by atoms with Gasteiger partial charge in [-0.25, -0.2) is 9.78 Å². The molecule has 140 valence electrons. The number of rotatable bonds is 7. The summed E-state index contributed by atoms with van der Waals surface area (Å²) in [6.45, 7) is 6.36. The minimum atomic E-state index is -0.153. The number of carbonyl (C=O) groups is 1. The van der Waals surface area contributed by atoms with Gasteiger partial charge in [-0.3, -0.25) is 4.68 Å². The molecule has 0 bridgehead atoms. The summed E-state index contributed by atoms with van der Waals surface area (Å²) in [6.07, 6.45) is 8.83. The summed E-state index contributed by atoms with van der Waals surface area (Å²) >= 11 is 0. The third kappa shape index (κ3) is 5.47. The summed E-state index contributed by atoms with van der Waals surface area (Å²) < 4.78 is 1.86. The van der Waals surface area contributed by atoms with Gasteiger partial charge in [-0.2, -0.15) is 5.10 Å². The van der Waals surface area contributed by atoms with Crippen molar-refractivity contribution in [2.45, 2.75) is 39.3 Å². The Morgan fingerprint density at radius 1 is 1.27 bits per heavy atom. The molecule has 1 aliphatic rings. The Hall–Kier alpha value is -2.57. The summed E-state index contributed by atoms with van der Waals surface area (Å²) in [4.78, 5) is 18.7. The van der Waals surface area contributed by atoms with Crippen LogP contribution in [0.5, 0.6) is 0 Å². The van der Waals surface area contributed by atoms with Crippen molar-refractivity contribution < 1.29 is 4.79 Å². The molecule has 0 unspecified atom stereocenters. The Bertz CT molecular complexity index is 662. The largest absolute Gasteiger partial charge is 0.357 e. The zero-order chi connectivity index (χ0) is 18.2. The Morgan fingerprint density at radius 3 is 2.81 bits per heavy atom. The molecule has 1 saturated heterocycles. The monoisotopic (exact) mass is 356 g/mol. The molecular weight excluding hydrogens is 328 g/mol. The number of hydrogen-bond donors (Lipinski definition) is 2. The van der Waals surface area contributed by atoms with Crippen LogP contribution < -0.4 is 15.5 Å². The smallest absolute Gasteiger partial charge is 0.315 e. The number of anilines is 1. The Balaban J connectivity index is 1.34.